The van der Waals surface area contributed by atoms with E-state index in [-0.39, 0.29) is 18.4 Å². The van der Waals surface area contributed by atoms with Gasteiger partial charge in [-0.15, -0.1) is 0 Å². The molecule has 0 fully saturated rings. The minimum absolute atomic E-state index is 0.246. The first-order valence-electron chi connectivity index (χ1n) is 11.6. The van der Waals surface area contributed by atoms with Crippen molar-refractivity contribution in [2.75, 3.05) is 5.01 Å². The van der Waals surface area contributed by atoms with E-state index in [1.54, 1.807) is 34.9 Å². The van der Waals surface area contributed by atoms with Crippen LogP contribution < -0.4 is 10.9 Å². The number of anilines is 1. The van der Waals surface area contributed by atoms with Crippen molar-refractivity contribution in [1.29, 1.82) is 0 Å². The summed E-state index contributed by atoms with van der Waals surface area (Å²) in [5.41, 5.74) is 2.65. The van der Waals surface area contributed by atoms with Crippen molar-refractivity contribution in [2.45, 2.75) is 28.8 Å². The number of benzene rings is 4. The van der Waals surface area contributed by atoms with E-state index in [2.05, 4.69) is 15.9 Å². The summed E-state index contributed by atoms with van der Waals surface area (Å²) in [6.45, 7) is 0.249. The van der Waals surface area contributed by atoms with E-state index >= 15 is 0 Å². The zero-order valence-electron chi connectivity index (χ0n) is 19.7. The van der Waals surface area contributed by atoms with E-state index < -0.39 is 6.04 Å². The fourth-order valence-corrected chi connectivity index (χ4v) is 5.79. The van der Waals surface area contributed by atoms with Gasteiger partial charge in [-0.3, -0.25) is 9.59 Å². The van der Waals surface area contributed by atoms with E-state index in [4.69, 9.17) is 17.4 Å². The maximum atomic E-state index is 14.0. The molecule has 0 saturated heterocycles. The molecule has 0 aliphatic carbocycles. The summed E-state index contributed by atoms with van der Waals surface area (Å²) in [5.74, 6) is 5.74. The van der Waals surface area contributed by atoms with Gasteiger partial charge in [0.2, 0.25) is 0 Å². The number of hydrogen-bond donors (Lipinski definition) is 1. The van der Waals surface area contributed by atoms with Gasteiger partial charge < -0.3 is 4.90 Å². The maximum Gasteiger partial charge on any atom is 0.264 e. The first-order valence-corrected chi connectivity index (χ1v) is 13.6. The second kappa shape index (κ2) is 11.1. The van der Waals surface area contributed by atoms with Crippen LogP contribution in [0, 0.1) is 0 Å². The Labute approximate surface area is 233 Å². The highest BCUT2D eigenvalue weighted by molar-refractivity contribution is 9.10. The molecule has 1 aliphatic rings. The highest BCUT2D eigenvalue weighted by Gasteiger charge is 2.39. The molecule has 2 N–H and O–H groups in total. The van der Waals surface area contributed by atoms with E-state index in [0.717, 1.165) is 30.4 Å². The molecule has 0 aromatic heterocycles. The topological polar surface area (TPSA) is 66.6 Å². The van der Waals surface area contributed by atoms with Crippen molar-refractivity contribution in [3.63, 3.8) is 0 Å². The number of halogens is 2. The fourth-order valence-electron chi connectivity index (χ4n) is 4.36. The normalized spacial score (nSPS) is 15.5. The molecule has 0 radical (unpaired) electrons. The van der Waals surface area contributed by atoms with Gasteiger partial charge in [-0.1, -0.05) is 87.8 Å². The van der Waals surface area contributed by atoms with Gasteiger partial charge in [0.15, 0.2) is 0 Å². The first kappa shape index (κ1) is 25.5. The number of nitrogens with two attached hydrogens (primary N) is 1. The molecule has 186 valence electrons. The molecular weight excluding hydrogens is 570 g/mol. The Morgan fingerprint density at radius 3 is 2.35 bits per heavy atom. The summed E-state index contributed by atoms with van der Waals surface area (Å²) in [6.07, 6.45) is 0.348. The number of nitrogens with zero attached hydrogens (tertiary/aromatic N) is 2. The lowest BCUT2D eigenvalue weighted by molar-refractivity contribution is -0.123. The predicted molar refractivity (Wildman–Crippen MR) is 152 cm³/mol. The molecule has 1 aliphatic heterocycles. The third-order valence-electron chi connectivity index (χ3n) is 6.23. The Balaban J connectivity index is 1.56. The highest BCUT2D eigenvalue weighted by Crippen LogP contribution is 2.35. The smallest absolute Gasteiger partial charge is 0.264 e. The number of carbonyl (C=O) groups is 2. The van der Waals surface area contributed by atoms with Crippen molar-refractivity contribution >= 4 is 56.8 Å². The lowest BCUT2D eigenvalue weighted by Gasteiger charge is -2.30. The molecule has 4 aromatic rings. The first-order chi connectivity index (χ1) is 17.9. The lowest BCUT2D eigenvalue weighted by Crippen LogP contribution is -2.51. The van der Waals surface area contributed by atoms with Crippen molar-refractivity contribution < 1.29 is 9.59 Å². The predicted octanol–water partition coefficient (Wildman–Crippen LogP) is 6.73. The molecular formula is C29H23BrClN3O2S. The number of fused-ring (bicyclic) bond motifs is 1. The van der Waals surface area contributed by atoms with Crippen LogP contribution in [0.15, 0.2) is 111 Å². The maximum absolute atomic E-state index is 14.0. The Morgan fingerprint density at radius 2 is 1.59 bits per heavy atom. The van der Waals surface area contributed by atoms with Crippen LogP contribution in [0.5, 0.6) is 0 Å². The SMILES string of the molecule is NN1C(=O)[C@@H](Cc2ccccc2)N(Cc2ccccc2Sc2ccc(Cl)cc2)C(=O)c2cc(Br)ccc21. The highest BCUT2D eigenvalue weighted by atomic mass is 79.9. The Morgan fingerprint density at radius 1 is 0.892 bits per heavy atom. The molecule has 1 heterocycles. The number of hydrogen-bond acceptors (Lipinski definition) is 4. The number of hydrazine groups is 1. The van der Waals surface area contributed by atoms with Gasteiger partial charge in [0.05, 0.1) is 11.3 Å². The van der Waals surface area contributed by atoms with Gasteiger partial charge in [0, 0.05) is 32.3 Å². The molecule has 2 amide bonds. The van der Waals surface area contributed by atoms with Crippen LogP contribution in [0.2, 0.25) is 5.02 Å². The van der Waals surface area contributed by atoms with Gasteiger partial charge in [0.1, 0.15) is 6.04 Å². The van der Waals surface area contributed by atoms with Gasteiger partial charge in [-0.2, -0.15) is 0 Å². The second-order valence-electron chi connectivity index (χ2n) is 8.67. The molecule has 1 atom stereocenters. The van der Waals surface area contributed by atoms with Crippen LogP contribution >= 0.6 is 39.3 Å². The summed E-state index contributed by atoms with van der Waals surface area (Å²) >= 11 is 11.1. The Kier molecular flexibility index (Phi) is 7.67. The summed E-state index contributed by atoms with van der Waals surface area (Å²) in [6, 6.07) is 29.6. The average molecular weight is 593 g/mol. The Bertz CT molecular complexity index is 1450. The van der Waals surface area contributed by atoms with Crippen molar-refractivity contribution in [3.05, 3.63) is 123 Å². The summed E-state index contributed by atoms with van der Waals surface area (Å²) in [4.78, 5) is 31.4. The minimum Gasteiger partial charge on any atom is -0.322 e. The molecule has 0 unspecified atom stereocenters. The second-order valence-corrected chi connectivity index (χ2v) is 11.1. The van der Waals surface area contributed by atoms with Crippen LogP contribution in [-0.4, -0.2) is 22.8 Å². The molecule has 0 bridgehead atoms. The van der Waals surface area contributed by atoms with Crippen LogP contribution in [-0.2, 0) is 17.8 Å². The largest absolute Gasteiger partial charge is 0.322 e. The third-order valence-corrected chi connectivity index (χ3v) is 8.11. The van der Waals surface area contributed by atoms with Gasteiger partial charge in [0.25, 0.3) is 11.8 Å². The summed E-state index contributed by atoms with van der Waals surface area (Å²) in [5, 5.41) is 1.79. The minimum atomic E-state index is -0.778. The molecule has 5 nitrogen and oxygen atoms in total. The number of amides is 2. The number of rotatable bonds is 6. The average Bonchev–Trinajstić information content (AvgIpc) is 2.98. The van der Waals surface area contributed by atoms with Crippen LogP contribution in [0.4, 0.5) is 5.69 Å². The van der Waals surface area contributed by atoms with E-state index in [1.165, 1.54) is 0 Å². The van der Waals surface area contributed by atoms with Crippen LogP contribution in [0.25, 0.3) is 0 Å². The number of carbonyl (C=O) groups excluding carboxylic acids is 2. The van der Waals surface area contributed by atoms with Crippen molar-refractivity contribution in [3.8, 4) is 0 Å². The lowest BCUT2D eigenvalue weighted by atomic mass is 10.0. The molecule has 37 heavy (non-hydrogen) atoms. The Hall–Kier alpha value is -3.10. The third kappa shape index (κ3) is 5.60. The molecule has 0 spiro atoms. The van der Waals surface area contributed by atoms with Gasteiger partial charge >= 0.3 is 0 Å². The molecule has 8 heteroatoms. The standard InChI is InChI=1S/C29H23BrClN3O2S/c30-21-10-15-25-24(17-21)28(35)33(26(29(36)34(25)32)16-19-6-2-1-3-7-19)18-20-8-4-5-9-27(20)37-23-13-11-22(31)12-14-23/h1-15,17,26H,16,18,32H2/t26-/m1/s1. The quantitative estimate of drug-likeness (QED) is 0.199. The summed E-state index contributed by atoms with van der Waals surface area (Å²) in [7, 11) is 0. The van der Waals surface area contributed by atoms with Crippen LogP contribution in [0.1, 0.15) is 21.5 Å². The van der Waals surface area contributed by atoms with E-state index in [0.29, 0.717) is 22.7 Å². The molecule has 0 saturated carbocycles. The molecule has 4 aromatic carbocycles. The van der Waals surface area contributed by atoms with Crippen LogP contribution in [0.3, 0.4) is 0 Å². The van der Waals surface area contributed by atoms with Crippen molar-refractivity contribution in [1.82, 2.24) is 4.90 Å². The van der Waals surface area contributed by atoms with Crippen molar-refractivity contribution in [2.24, 2.45) is 5.84 Å². The molecule has 5 rings (SSSR count). The monoisotopic (exact) mass is 591 g/mol. The zero-order valence-corrected chi connectivity index (χ0v) is 22.8. The fraction of sp³-hybridized carbons (Fsp3) is 0.103. The van der Waals surface area contributed by atoms with Gasteiger partial charge in [-0.05, 0) is 59.7 Å². The van der Waals surface area contributed by atoms with Gasteiger partial charge in [-0.25, -0.2) is 10.9 Å². The zero-order chi connectivity index (χ0) is 25.9. The van der Waals surface area contributed by atoms with E-state index in [9.17, 15) is 9.59 Å². The summed E-state index contributed by atoms with van der Waals surface area (Å²) < 4.78 is 0.737. The van der Waals surface area contributed by atoms with E-state index in [1.807, 2.05) is 78.9 Å².